The molecule has 9 heteroatoms. The van der Waals surface area contributed by atoms with Crippen molar-refractivity contribution in [3.05, 3.63) is 34.4 Å². The summed E-state index contributed by atoms with van der Waals surface area (Å²) in [7, 11) is -3.82. The second-order valence-corrected chi connectivity index (χ2v) is 5.92. The maximum atomic E-state index is 11.9. The van der Waals surface area contributed by atoms with Crippen LogP contribution >= 0.6 is 0 Å². The van der Waals surface area contributed by atoms with Gasteiger partial charge < -0.3 is 5.11 Å². The van der Waals surface area contributed by atoms with E-state index in [9.17, 15) is 23.3 Å². The highest BCUT2D eigenvalue weighted by Crippen LogP contribution is 2.16. The van der Waals surface area contributed by atoms with E-state index in [2.05, 4.69) is 4.72 Å². The molecule has 0 fully saturated rings. The molecule has 0 bridgehead atoms. The second kappa shape index (κ2) is 6.44. The Kier molecular flexibility index (Phi) is 5.17. The number of hydrogen-bond acceptors (Lipinski definition) is 5. The lowest BCUT2D eigenvalue weighted by atomic mass is 10.2. The third kappa shape index (κ3) is 4.59. The molecule has 1 rings (SSSR count). The molecule has 1 aromatic carbocycles. The average Bonchev–Trinajstić information content (AvgIpc) is 2.36. The van der Waals surface area contributed by atoms with Crippen molar-refractivity contribution in [2.45, 2.75) is 30.7 Å². The Labute approximate surface area is 115 Å². The average molecular weight is 302 g/mol. The van der Waals surface area contributed by atoms with Gasteiger partial charge in [0.25, 0.3) is 5.69 Å². The summed E-state index contributed by atoms with van der Waals surface area (Å²) in [5.41, 5.74) is -0.206. The minimum Gasteiger partial charge on any atom is -0.481 e. The Hall–Kier alpha value is -2.00. The van der Waals surface area contributed by atoms with Crippen LogP contribution in [0.2, 0.25) is 0 Å². The lowest BCUT2D eigenvalue weighted by molar-refractivity contribution is -0.384. The lowest BCUT2D eigenvalue weighted by Crippen LogP contribution is -2.32. The molecule has 0 aliphatic heterocycles. The zero-order chi connectivity index (χ0) is 15.3. The van der Waals surface area contributed by atoms with Gasteiger partial charge in [0.2, 0.25) is 10.0 Å². The fraction of sp³-hybridized carbons (Fsp3) is 0.364. The van der Waals surface area contributed by atoms with Gasteiger partial charge in [-0.25, -0.2) is 13.1 Å². The van der Waals surface area contributed by atoms with Crippen molar-refractivity contribution in [3.63, 3.8) is 0 Å². The zero-order valence-corrected chi connectivity index (χ0v) is 11.5. The summed E-state index contributed by atoms with van der Waals surface area (Å²) in [6.45, 7) is 1.55. The van der Waals surface area contributed by atoms with Gasteiger partial charge in [-0.2, -0.15) is 0 Å². The number of benzene rings is 1. The number of nitrogens with zero attached hydrogens (tertiary/aromatic N) is 1. The highest BCUT2D eigenvalue weighted by atomic mass is 32.2. The van der Waals surface area contributed by atoms with Crippen LogP contribution in [0, 0.1) is 10.1 Å². The molecule has 0 heterocycles. The molecular weight excluding hydrogens is 288 g/mol. The van der Waals surface area contributed by atoms with Gasteiger partial charge in [0, 0.05) is 24.6 Å². The first-order chi connectivity index (χ1) is 9.22. The minimum atomic E-state index is -3.82. The topological polar surface area (TPSA) is 127 Å². The summed E-state index contributed by atoms with van der Waals surface area (Å²) >= 11 is 0. The summed E-state index contributed by atoms with van der Waals surface area (Å²) in [6.07, 6.45) is 0.00545. The fourth-order valence-electron chi connectivity index (χ4n) is 1.48. The normalized spacial score (nSPS) is 12.8. The molecule has 0 aromatic heterocycles. The maximum Gasteiger partial charge on any atom is 0.303 e. The van der Waals surface area contributed by atoms with Crippen LogP contribution in [0.4, 0.5) is 5.69 Å². The molecule has 8 nitrogen and oxygen atoms in total. The largest absolute Gasteiger partial charge is 0.481 e. The Morgan fingerprint density at radius 3 is 2.40 bits per heavy atom. The van der Waals surface area contributed by atoms with Gasteiger partial charge in [-0.15, -0.1) is 0 Å². The highest BCUT2D eigenvalue weighted by Gasteiger charge is 2.18. The Morgan fingerprint density at radius 2 is 1.95 bits per heavy atom. The van der Waals surface area contributed by atoms with E-state index < -0.39 is 27.0 Å². The van der Waals surface area contributed by atoms with E-state index in [1.54, 1.807) is 6.92 Å². The molecule has 1 aromatic rings. The van der Waals surface area contributed by atoms with Crippen LogP contribution in [0.15, 0.2) is 29.2 Å². The van der Waals surface area contributed by atoms with E-state index in [1.165, 1.54) is 0 Å². The number of nitrogens with one attached hydrogen (secondary N) is 1. The van der Waals surface area contributed by atoms with Gasteiger partial charge in [-0.1, -0.05) is 0 Å². The minimum absolute atomic E-state index is 0.106. The van der Waals surface area contributed by atoms with Crippen LogP contribution in [-0.4, -0.2) is 30.5 Å². The fourth-order valence-corrected chi connectivity index (χ4v) is 2.76. The molecule has 0 spiro atoms. The molecule has 0 saturated carbocycles. The van der Waals surface area contributed by atoms with Crippen LogP contribution in [0.25, 0.3) is 0 Å². The number of rotatable bonds is 7. The predicted molar refractivity (Wildman–Crippen MR) is 69.7 cm³/mol. The van der Waals surface area contributed by atoms with E-state index in [0.29, 0.717) is 0 Å². The highest BCUT2D eigenvalue weighted by molar-refractivity contribution is 7.89. The van der Waals surface area contributed by atoms with Crippen LogP contribution in [-0.2, 0) is 14.8 Å². The van der Waals surface area contributed by atoms with Crippen LogP contribution < -0.4 is 4.72 Å². The quantitative estimate of drug-likeness (QED) is 0.574. The number of aliphatic carboxylic acids is 1. The molecular formula is C11H14N2O6S. The monoisotopic (exact) mass is 302 g/mol. The number of sulfonamides is 1. The standard InChI is InChI=1S/C11H14N2O6S/c1-8(2-7-11(14)15)12-20(18,19)10-5-3-9(4-6-10)13(16)17/h3-6,8,12H,2,7H2,1H3,(H,14,15). The summed E-state index contributed by atoms with van der Waals surface area (Å²) in [4.78, 5) is 20.1. The Morgan fingerprint density at radius 1 is 1.40 bits per heavy atom. The lowest BCUT2D eigenvalue weighted by Gasteiger charge is -2.13. The van der Waals surface area contributed by atoms with Crippen molar-refractivity contribution in [3.8, 4) is 0 Å². The Balaban J connectivity index is 2.78. The summed E-state index contributed by atoms with van der Waals surface area (Å²) < 4.78 is 26.2. The van der Waals surface area contributed by atoms with Gasteiger partial charge in [0.15, 0.2) is 0 Å². The molecule has 2 N–H and O–H groups in total. The summed E-state index contributed by atoms with van der Waals surface area (Å²) in [6, 6.07) is 3.90. The second-order valence-electron chi connectivity index (χ2n) is 4.21. The molecule has 110 valence electrons. The molecule has 1 unspecified atom stereocenters. The number of non-ortho nitro benzene ring substituents is 1. The van der Waals surface area contributed by atoms with Crippen molar-refractivity contribution < 1.29 is 23.2 Å². The smallest absolute Gasteiger partial charge is 0.303 e. The molecule has 0 radical (unpaired) electrons. The molecule has 20 heavy (non-hydrogen) atoms. The van der Waals surface area contributed by atoms with Crippen molar-refractivity contribution in [2.75, 3.05) is 0 Å². The van der Waals surface area contributed by atoms with Crippen LogP contribution in [0.3, 0.4) is 0 Å². The van der Waals surface area contributed by atoms with Gasteiger partial charge in [0.1, 0.15) is 0 Å². The summed E-state index contributed by atoms with van der Waals surface area (Å²) in [5, 5.41) is 19.0. The van der Waals surface area contributed by atoms with E-state index in [0.717, 1.165) is 24.3 Å². The first kappa shape index (κ1) is 16.1. The number of hydrogen-bond donors (Lipinski definition) is 2. The van der Waals surface area contributed by atoms with E-state index in [4.69, 9.17) is 5.11 Å². The molecule has 1 atom stereocenters. The van der Waals surface area contributed by atoms with Gasteiger partial charge in [0.05, 0.1) is 9.82 Å². The predicted octanol–water partition coefficient (Wildman–Crippen LogP) is 1.13. The van der Waals surface area contributed by atoms with Gasteiger partial charge >= 0.3 is 5.97 Å². The van der Waals surface area contributed by atoms with E-state index in [1.807, 2.05) is 0 Å². The third-order valence-electron chi connectivity index (χ3n) is 2.51. The van der Waals surface area contributed by atoms with E-state index in [-0.39, 0.29) is 23.4 Å². The van der Waals surface area contributed by atoms with Crippen LogP contribution in [0.5, 0.6) is 0 Å². The van der Waals surface area contributed by atoms with Gasteiger partial charge in [-0.05, 0) is 25.5 Å². The molecule has 0 aliphatic carbocycles. The number of nitro groups is 1. The summed E-state index contributed by atoms with van der Waals surface area (Å²) in [5.74, 6) is -1.01. The molecule has 0 saturated heterocycles. The van der Waals surface area contributed by atoms with Crippen molar-refractivity contribution in [1.82, 2.24) is 4.72 Å². The van der Waals surface area contributed by atoms with Gasteiger partial charge in [-0.3, -0.25) is 14.9 Å². The molecule has 0 amide bonds. The maximum absolute atomic E-state index is 11.9. The van der Waals surface area contributed by atoms with Crippen molar-refractivity contribution in [1.29, 1.82) is 0 Å². The SMILES string of the molecule is CC(CCC(=O)O)NS(=O)(=O)c1ccc([N+](=O)[O-])cc1. The number of nitro benzene ring substituents is 1. The zero-order valence-electron chi connectivity index (χ0n) is 10.6. The van der Waals surface area contributed by atoms with E-state index >= 15 is 0 Å². The number of carbonyl (C=O) groups is 1. The Bertz CT molecular complexity index is 596. The number of carboxylic acids is 1. The molecule has 0 aliphatic rings. The first-order valence-electron chi connectivity index (χ1n) is 5.71. The first-order valence-corrected chi connectivity index (χ1v) is 7.19. The number of carboxylic acid groups (broad SMARTS) is 1. The van der Waals surface area contributed by atoms with Crippen LogP contribution in [0.1, 0.15) is 19.8 Å². The van der Waals surface area contributed by atoms with Crippen molar-refractivity contribution in [2.24, 2.45) is 0 Å². The van der Waals surface area contributed by atoms with Crippen molar-refractivity contribution >= 4 is 21.7 Å². The third-order valence-corrected chi connectivity index (χ3v) is 4.11.